The van der Waals surface area contributed by atoms with Crippen molar-refractivity contribution < 1.29 is 14.6 Å². The van der Waals surface area contributed by atoms with E-state index in [9.17, 15) is 9.90 Å². The highest BCUT2D eigenvalue weighted by atomic mass is 16.5. The van der Waals surface area contributed by atoms with Gasteiger partial charge in [-0.25, -0.2) is 0 Å². The second-order valence-electron chi connectivity index (χ2n) is 6.65. The molecule has 1 aromatic rings. The standard InChI is InChI=1S/C18H28N2O3/c1-15-3-5-16(6-4-15)7-8-17(21)19-13-18(2,22)14-20-9-11-23-12-10-20/h3-6,22H,7-14H2,1-2H3,(H,19,21). The predicted molar refractivity (Wildman–Crippen MR) is 90.4 cm³/mol. The monoisotopic (exact) mass is 320 g/mol. The van der Waals surface area contributed by atoms with Crippen LogP contribution in [0, 0.1) is 6.92 Å². The lowest BCUT2D eigenvalue weighted by Gasteiger charge is -2.33. The summed E-state index contributed by atoms with van der Waals surface area (Å²) in [4.78, 5) is 14.1. The van der Waals surface area contributed by atoms with E-state index in [1.807, 2.05) is 6.92 Å². The summed E-state index contributed by atoms with van der Waals surface area (Å²) in [6.07, 6.45) is 1.16. The molecule has 1 aliphatic heterocycles. The fraction of sp³-hybridized carbons (Fsp3) is 0.611. The zero-order chi connectivity index (χ0) is 16.7. The molecule has 1 unspecified atom stereocenters. The summed E-state index contributed by atoms with van der Waals surface area (Å²) < 4.78 is 5.30. The molecule has 0 aromatic heterocycles. The number of carbonyl (C=O) groups is 1. The SMILES string of the molecule is Cc1ccc(CCC(=O)NCC(C)(O)CN2CCOCC2)cc1. The van der Waals surface area contributed by atoms with Crippen LogP contribution in [0.4, 0.5) is 0 Å². The fourth-order valence-corrected chi connectivity index (χ4v) is 2.69. The van der Waals surface area contributed by atoms with Gasteiger partial charge in [0.05, 0.1) is 18.8 Å². The minimum atomic E-state index is -0.920. The first kappa shape index (κ1) is 17.9. The van der Waals surface area contributed by atoms with Crippen molar-refractivity contribution in [2.24, 2.45) is 0 Å². The third-order valence-electron chi connectivity index (χ3n) is 4.10. The summed E-state index contributed by atoms with van der Waals surface area (Å²) in [7, 11) is 0. The lowest BCUT2D eigenvalue weighted by Crippen LogP contribution is -2.51. The first-order valence-corrected chi connectivity index (χ1v) is 8.29. The van der Waals surface area contributed by atoms with E-state index in [0.29, 0.717) is 26.2 Å². The van der Waals surface area contributed by atoms with Gasteiger partial charge in [0.15, 0.2) is 0 Å². The Labute approximate surface area is 138 Å². The van der Waals surface area contributed by atoms with Crippen molar-refractivity contribution in [2.45, 2.75) is 32.3 Å². The molecule has 0 spiro atoms. The van der Waals surface area contributed by atoms with Gasteiger partial charge < -0.3 is 15.2 Å². The maximum absolute atomic E-state index is 12.0. The van der Waals surface area contributed by atoms with Crippen LogP contribution in [0.25, 0.3) is 0 Å². The number of aliphatic hydroxyl groups is 1. The van der Waals surface area contributed by atoms with Gasteiger partial charge in [-0.1, -0.05) is 29.8 Å². The Balaban J connectivity index is 1.68. The molecule has 0 bridgehead atoms. The van der Waals surface area contributed by atoms with Gasteiger partial charge in [0, 0.05) is 32.6 Å². The molecular weight excluding hydrogens is 292 g/mol. The topological polar surface area (TPSA) is 61.8 Å². The van der Waals surface area contributed by atoms with Crippen LogP contribution in [0.1, 0.15) is 24.5 Å². The van der Waals surface area contributed by atoms with Gasteiger partial charge in [0.2, 0.25) is 5.91 Å². The molecule has 23 heavy (non-hydrogen) atoms. The highest BCUT2D eigenvalue weighted by Gasteiger charge is 2.25. The average Bonchev–Trinajstić information content (AvgIpc) is 2.53. The highest BCUT2D eigenvalue weighted by Crippen LogP contribution is 2.09. The molecule has 1 saturated heterocycles. The van der Waals surface area contributed by atoms with Crippen LogP contribution in [0.3, 0.4) is 0 Å². The van der Waals surface area contributed by atoms with Gasteiger partial charge in [-0.3, -0.25) is 9.69 Å². The fourth-order valence-electron chi connectivity index (χ4n) is 2.69. The van der Waals surface area contributed by atoms with Gasteiger partial charge in [0.1, 0.15) is 0 Å². The lowest BCUT2D eigenvalue weighted by molar-refractivity contribution is -0.122. The van der Waals surface area contributed by atoms with Gasteiger partial charge in [-0.15, -0.1) is 0 Å². The molecule has 1 aliphatic rings. The van der Waals surface area contributed by atoms with Gasteiger partial charge in [-0.05, 0) is 25.8 Å². The number of rotatable bonds is 7. The number of carbonyl (C=O) groups excluding carboxylic acids is 1. The minimum absolute atomic E-state index is 0.0205. The van der Waals surface area contributed by atoms with Crippen molar-refractivity contribution in [3.05, 3.63) is 35.4 Å². The number of β-amino-alcohol motifs (C(OH)–C–C–N with tert-alkyl or cyclic N) is 1. The molecule has 5 nitrogen and oxygen atoms in total. The van der Waals surface area contributed by atoms with E-state index in [1.54, 1.807) is 6.92 Å². The van der Waals surface area contributed by atoms with Gasteiger partial charge >= 0.3 is 0 Å². The number of hydrogen-bond donors (Lipinski definition) is 2. The molecule has 1 aromatic carbocycles. The Hall–Kier alpha value is -1.43. The molecule has 0 radical (unpaired) electrons. The summed E-state index contributed by atoms with van der Waals surface area (Å²) in [5.41, 5.74) is 1.46. The first-order valence-electron chi connectivity index (χ1n) is 8.29. The van der Waals surface area contributed by atoms with E-state index in [1.165, 1.54) is 5.56 Å². The van der Waals surface area contributed by atoms with E-state index in [0.717, 1.165) is 25.1 Å². The molecule has 2 N–H and O–H groups in total. The number of nitrogens with zero attached hydrogens (tertiary/aromatic N) is 1. The normalized spacial score (nSPS) is 18.4. The van der Waals surface area contributed by atoms with E-state index in [-0.39, 0.29) is 12.5 Å². The van der Waals surface area contributed by atoms with Gasteiger partial charge in [-0.2, -0.15) is 0 Å². The number of hydrogen-bond acceptors (Lipinski definition) is 4. The molecule has 1 heterocycles. The number of benzene rings is 1. The smallest absolute Gasteiger partial charge is 0.220 e. The maximum atomic E-state index is 12.0. The van der Waals surface area contributed by atoms with Crippen LogP contribution >= 0.6 is 0 Å². The first-order chi connectivity index (χ1) is 10.9. The van der Waals surface area contributed by atoms with E-state index in [4.69, 9.17) is 4.74 Å². The van der Waals surface area contributed by atoms with Crippen molar-refractivity contribution >= 4 is 5.91 Å². The number of morpholine rings is 1. The lowest BCUT2D eigenvalue weighted by atomic mass is 10.1. The molecular formula is C18H28N2O3. The summed E-state index contributed by atoms with van der Waals surface area (Å²) in [6, 6.07) is 8.22. The number of aryl methyl sites for hydroxylation is 2. The molecule has 128 valence electrons. The van der Waals surface area contributed by atoms with E-state index in [2.05, 4.69) is 34.5 Å². The van der Waals surface area contributed by atoms with Crippen molar-refractivity contribution in [1.82, 2.24) is 10.2 Å². The van der Waals surface area contributed by atoms with Crippen LogP contribution < -0.4 is 5.32 Å². The number of nitrogens with one attached hydrogen (secondary N) is 1. The van der Waals surface area contributed by atoms with Crippen molar-refractivity contribution in [3.63, 3.8) is 0 Å². The van der Waals surface area contributed by atoms with Crippen molar-refractivity contribution in [3.8, 4) is 0 Å². The van der Waals surface area contributed by atoms with Crippen molar-refractivity contribution in [2.75, 3.05) is 39.4 Å². The summed E-state index contributed by atoms with van der Waals surface area (Å²) >= 11 is 0. The largest absolute Gasteiger partial charge is 0.387 e. The van der Waals surface area contributed by atoms with Crippen LogP contribution in [0.15, 0.2) is 24.3 Å². The quantitative estimate of drug-likeness (QED) is 0.790. The third-order valence-corrected chi connectivity index (χ3v) is 4.10. The number of amides is 1. The second kappa shape index (κ2) is 8.43. The molecule has 2 rings (SSSR count). The van der Waals surface area contributed by atoms with E-state index >= 15 is 0 Å². The Bertz CT molecular complexity index is 493. The Morgan fingerprint density at radius 3 is 2.61 bits per heavy atom. The summed E-state index contributed by atoms with van der Waals surface area (Å²) in [5.74, 6) is -0.0205. The average molecular weight is 320 g/mol. The van der Waals surface area contributed by atoms with Crippen LogP contribution in [0.5, 0.6) is 0 Å². The highest BCUT2D eigenvalue weighted by molar-refractivity contribution is 5.76. The molecule has 1 atom stereocenters. The van der Waals surface area contributed by atoms with Gasteiger partial charge in [0.25, 0.3) is 0 Å². The molecule has 0 saturated carbocycles. The minimum Gasteiger partial charge on any atom is -0.387 e. The van der Waals surface area contributed by atoms with E-state index < -0.39 is 5.60 Å². The Morgan fingerprint density at radius 1 is 1.30 bits per heavy atom. The summed E-state index contributed by atoms with van der Waals surface area (Å²) in [5, 5.41) is 13.3. The van der Waals surface area contributed by atoms with Crippen molar-refractivity contribution in [1.29, 1.82) is 0 Å². The molecule has 0 aliphatic carbocycles. The zero-order valence-electron chi connectivity index (χ0n) is 14.2. The Morgan fingerprint density at radius 2 is 1.96 bits per heavy atom. The molecule has 5 heteroatoms. The molecule has 1 fully saturated rings. The van der Waals surface area contributed by atoms with Crippen LogP contribution in [0.2, 0.25) is 0 Å². The Kier molecular flexibility index (Phi) is 6.57. The summed E-state index contributed by atoms with van der Waals surface area (Å²) in [6.45, 7) is 7.72. The molecule has 1 amide bonds. The third kappa shape index (κ3) is 6.69. The van der Waals surface area contributed by atoms with Crippen LogP contribution in [-0.4, -0.2) is 60.9 Å². The number of ether oxygens (including phenoxy) is 1. The predicted octanol–water partition coefficient (Wildman–Crippen LogP) is 1.13. The second-order valence-corrected chi connectivity index (χ2v) is 6.65. The maximum Gasteiger partial charge on any atom is 0.220 e. The zero-order valence-corrected chi connectivity index (χ0v) is 14.2. The van der Waals surface area contributed by atoms with Crippen LogP contribution in [-0.2, 0) is 16.0 Å².